The predicted molar refractivity (Wildman–Crippen MR) is 204 cm³/mol. The number of nitrogens with one attached hydrogen (secondary N) is 1. The van der Waals surface area contributed by atoms with Crippen LogP contribution in [-0.2, 0) is 14.4 Å². The number of nitrogens with zero attached hydrogens (tertiary/aromatic N) is 2. The summed E-state index contributed by atoms with van der Waals surface area (Å²) in [4.78, 5) is 60.1. The lowest BCUT2D eigenvalue weighted by molar-refractivity contribution is -0.133. The van der Waals surface area contributed by atoms with Gasteiger partial charge in [-0.1, -0.05) is 79.8 Å². The summed E-state index contributed by atoms with van der Waals surface area (Å²) in [6.45, 7) is 3.49. The minimum absolute atomic E-state index is 0.0207. The van der Waals surface area contributed by atoms with Crippen molar-refractivity contribution in [1.82, 2.24) is 5.32 Å². The number of carbonyl (C=O) groups excluding carboxylic acids is 5. The van der Waals surface area contributed by atoms with Crippen molar-refractivity contribution in [3.8, 4) is 5.75 Å². The van der Waals surface area contributed by atoms with Crippen LogP contribution in [0.15, 0.2) is 126 Å². The van der Waals surface area contributed by atoms with Crippen LogP contribution in [0.2, 0.25) is 0 Å². The summed E-state index contributed by atoms with van der Waals surface area (Å²) in [6, 6.07) is 9.41. The van der Waals surface area contributed by atoms with Crippen molar-refractivity contribution in [2.75, 3.05) is 0 Å². The Hall–Kier alpha value is -5.81. The molecule has 11 nitrogen and oxygen atoms in total. The number of primary amides is 1. The molecule has 2 aromatic carbocycles. The first kappa shape index (κ1) is 42.4. The van der Waals surface area contributed by atoms with Gasteiger partial charge >= 0.3 is 5.97 Å². The number of nitrogens with two attached hydrogens (primary N) is 2. The Balaban J connectivity index is 1.78. The number of benzene rings is 2. The molecule has 0 saturated carbocycles. The molecule has 3 amide bonds. The molecule has 11 heteroatoms. The molecule has 0 radical (unpaired) electrons. The number of carbonyl (C=O) groups is 5. The van der Waals surface area contributed by atoms with Crippen LogP contribution >= 0.6 is 0 Å². The van der Waals surface area contributed by atoms with Crippen LogP contribution in [-0.4, -0.2) is 35.5 Å². The molecule has 0 aliphatic carbocycles. The van der Waals surface area contributed by atoms with Crippen molar-refractivity contribution >= 4 is 40.8 Å². The summed E-state index contributed by atoms with van der Waals surface area (Å²) in [5.74, 6) is -2.67. The Morgan fingerprint density at radius 2 is 1.23 bits per heavy atom. The molecule has 274 valence electrons. The maximum absolute atomic E-state index is 12.4. The van der Waals surface area contributed by atoms with E-state index in [2.05, 4.69) is 77.2 Å². The number of azo groups is 1. The van der Waals surface area contributed by atoms with E-state index in [-0.39, 0.29) is 41.9 Å². The molecule has 0 saturated heterocycles. The lowest BCUT2D eigenvalue weighted by Crippen LogP contribution is -2.43. The van der Waals surface area contributed by atoms with Gasteiger partial charge in [-0.3, -0.25) is 29.3 Å². The van der Waals surface area contributed by atoms with Crippen molar-refractivity contribution in [2.45, 2.75) is 77.7 Å². The van der Waals surface area contributed by atoms with Gasteiger partial charge in [0.15, 0.2) is 5.78 Å². The SMILES string of the molecule is CCC=CCC=CCC=CCC=CCC=CCC=CCC(=O)Oc1ccc(N=Nc2ccc(C(=O)NC(=O)C(N)CCC(N)=O)cc2)cc1C(C)=O. The smallest absolute Gasteiger partial charge is 0.315 e. The molecule has 52 heavy (non-hydrogen) atoms. The van der Waals surface area contributed by atoms with Crippen molar-refractivity contribution in [3.05, 3.63) is 127 Å². The van der Waals surface area contributed by atoms with Crippen molar-refractivity contribution in [2.24, 2.45) is 21.7 Å². The van der Waals surface area contributed by atoms with Crippen LogP contribution in [0.3, 0.4) is 0 Å². The molecule has 5 N–H and O–H groups in total. The van der Waals surface area contributed by atoms with Gasteiger partial charge in [-0.2, -0.15) is 10.2 Å². The molecule has 0 heterocycles. The molecule has 0 aliphatic heterocycles. The van der Waals surface area contributed by atoms with Crippen molar-refractivity contribution < 1.29 is 28.7 Å². The third-order valence-electron chi connectivity index (χ3n) is 7.13. The van der Waals surface area contributed by atoms with E-state index in [1.807, 2.05) is 12.2 Å². The average molecular weight is 708 g/mol. The highest BCUT2D eigenvalue weighted by Gasteiger charge is 2.18. The summed E-state index contributed by atoms with van der Waals surface area (Å²) >= 11 is 0. The van der Waals surface area contributed by atoms with Crippen LogP contribution < -0.4 is 21.5 Å². The van der Waals surface area contributed by atoms with Crippen molar-refractivity contribution in [1.29, 1.82) is 0 Å². The highest BCUT2D eigenvalue weighted by Crippen LogP contribution is 2.27. The maximum atomic E-state index is 12.4. The Bertz CT molecular complexity index is 1700. The van der Waals surface area contributed by atoms with Gasteiger partial charge in [-0.25, -0.2) is 0 Å². The molecular formula is C41H49N5O6. The van der Waals surface area contributed by atoms with E-state index < -0.39 is 29.7 Å². The van der Waals surface area contributed by atoms with E-state index in [1.165, 1.54) is 43.3 Å². The maximum Gasteiger partial charge on any atom is 0.315 e. The summed E-state index contributed by atoms with van der Waals surface area (Å²) in [7, 11) is 0. The number of amides is 3. The average Bonchev–Trinajstić information content (AvgIpc) is 3.12. The monoisotopic (exact) mass is 707 g/mol. The molecule has 1 unspecified atom stereocenters. The van der Waals surface area contributed by atoms with Gasteiger partial charge in [0.2, 0.25) is 11.8 Å². The van der Waals surface area contributed by atoms with Crippen LogP contribution in [0, 0.1) is 0 Å². The molecular weight excluding hydrogens is 658 g/mol. The first-order valence-electron chi connectivity index (χ1n) is 17.3. The lowest BCUT2D eigenvalue weighted by Gasteiger charge is -2.10. The van der Waals surface area contributed by atoms with Crippen LogP contribution in [0.4, 0.5) is 11.4 Å². The first-order chi connectivity index (χ1) is 25.1. The minimum atomic E-state index is -1.05. The summed E-state index contributed by atoms with van der Waals surface area (Å²) < 4.78 is 5.45. The van der Waals surface area contributed by atoms with E-state index in [0.29, 0.717) is 17.8 Å². The number of rotatable bonds is 22. The largest absolute Gasteiger partial charge is 0.426 e. The minimum Gasteiger partial charge on any atom is -0.426 e. The van der Waals surface area contributed by atoms with Gasteiger partial charge in [0.05, 0.1) is 29.4 Å². The Kier molecular flexibility index (Phi) is 20.5. The van der Waals surface area contributed by atoms with Crippen LogP contribution in [0.5, 0.6) is 5.75 Å². The zero-order chi connectivity index (χ0) is 38.0. The third-order valence-corrected chi connectivity index (χ3v) is 7.13. The van der Waals surface area contributed by atoms with Gasteiger partial charge < -0.3 is 16.2 Å². The Labute approximate surface area is 306 Å². The number of imide groups is 1. The standard InChI is InChI=1S/C41H49N5O6/c1-3-4-5-6-7-8-9-10-11-12-13-14-15-16-17-18-19-20-21-39(49)52-37-28-26-34(30-35(37)31(2)47)46-45-33-24-22-32(23-25-33)40(50)44-41(51)36(42)27-29-38(43)48/h4-5,7-8,10-11,13-14,16-17,19-20,22-26,28,30,36H,3,6,9,12,15,18,21,27,29,42H2,1-2H3,(H2,43,48)(H,44,50,51). The lowest BCUT2D eigenvalue weighted by atomic mass is 10.1. The molecule has 2 rings (SSSR count). The first-order valence-corrected chi connectivity index (χ1v) is 17.3. The normalized spacial score (nSPS) is 12.7. The highest BCUT2D eigenvalue weighted by molar-refractivity contribution is 6.06. The molecule has 0 aliphatic rings. The fraction of sp³-hybridized carbons (Fsp3) is 0.293. The van der Waals surface area contributed by atoms with E-state index in [9.17, 15) is 24.0 Å². The second kappa shape index (κ2) is 25.2. The third kappa shape index (κ3) is 18.3. The molecule has 0 spiro atoms. The predicted octanol–water partition coefficient (Wildman–Crippen LogP) is 8.15. The summed E-state index contributed by atoms with van der Waals surface area (Å²) in [5.41, 5.74) is 11.9. The zero-order valence-electron chi connectivity index (χ0n) is 29.9. The number of hydrogen-bond acceptors (Lipinski definition) is 9. The van der Waals surface area contributed by atoms with Gasteiger partial charge in [0, 0.05) is 12.0 Å². The quantitative estimate of drug-likeness (QED) is 0.0362. The molecule has 0 aromatic heterocycles. The van der Waals surface area contributed by atoms with Gasteiger partial charge in [0.1, 0.15) is 5.75 Å². The van der Waals surface area contributed by atoms with Gasteiger partial charge in [-0.05, 0) is 94.3 Å². The van der Waals surface area contributed by atoms with Crippen LogP contribution in [0.25, 0.3) is 0 Å². The van der Waals surface area contributed by atoms with E-state index in [0.717, 1.165) is 32.1 Å². The number of Topliss-reactive ketones (excluding diaryl/α,β-unsaturated/α-hetero) is 1. The van der Waals surface area contributed by atoms with Gasteiger partial charge in [-0.15, -0.1) is 0 Å². The molecule has 1 atom stereocenters. The highest BCUT2D eigenvalue weighted by atomic mass is 16.5. The molecule has 0 bridgehead atoms. The van der Waals surface area contributed by atoms with Crippen molar-refractivity contribution in [3.63, 3.8) is 0 Å². The Morgan fingerprint density at radius 3 is 1.75 bits per heavy atom. The molecule has 0 fully saturated rings. The fourth-order valence-corrected chi connectivity index (χ4v) is 4.31. The van der Waals surface area contributed by atoms with E-state index in [1.54, 1.807) is 12.1 Å². The van der Waals surface area contributed by atoms with Crippen LogP contribution in [0.1, 0.15) is 92.4 Å². The van der Waals surface area contributed by atoms with E-state index in [4.69, 9.17) is 16.2 Å². The van der Waals surface area contributed by atoms with E-state index >= 15 is 0 Å². The fourth-order valence-electron chi connectivity index (χ4n) is 4.31. The topological polar surface area (TPSA) is 183 Å². The van der Waals surface area contributed by atoms with Gasteiger partial charge in [0.25, 0.3) is 5.91 Å². The Morgan fingerprint density at radius 1 is 0.731 bits per heavy atom. The second-order valence-corrected chi connectivity index (χ2v) is 11.5. The molecule has 2 aromatic rings. The number of esters is 1. The summed E-state index contributed by atoms with van der Waals surface area (Å²) in [6.07, 6.45) is 30.4. The summed E-state index contributed by atoms with van der Waals surface area (Å²) in [5, 5.41) is 10.5. The number of allylic oxidation sites excluding steroid dienone is 11. The number of hydrogen-bond donors (Lipinski definition) is 3. The number of ketones is 1. The second-order valence-electron chi connectivity index (χ2n) is 11.5. The zero-order valence-corrected chi connectivity index (χ0v) is 29.9. The number of ether oxygens (including phenoxy) is 1.